The van der Waals surface area contributed by atoms with Crippen molar-refractivity contribution in [2.45, 2.75) is 52.5 Å². The monoisotopic (exact) mass is 384 g/mol. The maximum atomic E-state index is 12.7. The van der Waals surface area contributed by atoms with Crippen molar-refractivity contribution in [1.29, 1.82) is 0 Å². The molecule has 1 heterocycles. The molecule has 0 saturated heterocycles. The molecule has 0 spiro atoms. The number of likely N-dealkylation sites (N-methyl/N-ethyl adjacent to an activating group) is 1. The highest BCUT2D eigenvalue weighted by Crippen LogP contribution is 2.19. The van der Waals surface area contributed by atoms with Crippen molar-refractivity contribution in [2.24, 2.45) is 0 Å². The van der Waals surface area contributed by atoms with Gasteiger partial charge in [0.25, 0.3) is 11.5 Å². The van der Waals surface area contributed by atoms with E-state index in [1.807, 2.05) is 34.9 Å². The van der Waals surface area contributed by atoms with Gasteiger partial charge in [-0.15, -0.1) is 0 Å². The molecule has 152 valence electrons. The standard InChI is InChI=1S/C22H32N4O2/c1-8-15-9-11-16(12-10-15)17(26(6)7)13-23-19(27)18-14(2)24-21(22(3,4)5)25-20(18)28/h9-12,17H,8,13H2,1-7H3,(H,23,27)(H,24,25,28). The van der Waals surface area contributed by atoms with Gasteiger partial charge in [0.1, 0.15) is 11.4 Å². The summed E-state index contributed by atoms with van der Waals surface area (Å²) in [6.45, 7) is 10.1. The zero-order valence-electron chi connectivity index (χ0n) is 18.0. The Hall–Kier alpha value is -2.47. The van der Waals surface area contributed by atoms with E-state index in [1.165, 1.54) is 5.56 Å². The van der Waals surface area contributed by atoms with Crippen LogP contribution in [0.1, 0.15) is 66.7 Å². The van der Waals surface area contributed by atoms with Crippen LogP contribution >= 0.6 is 0 Å². The molecule has 6 heteroatoms. The van der Waals surface area contributed by atoms with Gasteiger partial charge in [-0.2, -0.15) is 0 Å². The number of H-pyrrole nitrogens is 1. The lowest BCUT2D eigenvalue weighted by molar-refractivity contribution is 0.0939. The quantitative estimate of drug-likeness (QED) is 0.803. The molecule has 1 aromatic carbocycles. The van der Waals surface area contributed by atoms with Gasteiger partial charge in [-0.05, 0) is 38.6 Å². The topological polar surface area (TPSA) is 78.1 Å². The lowest BCUT2D eigenvalue weighted by Gasteiger charge is -2.25. The number of rotatable bonds is 6. The first-order valence-electron chi connectivity index (χ1n) is 9.69. The Balaban J connectivity index is 2.20. The van der Waals surface area contributed by atoms with Crippen molar-refractivity contribution in [2.75, 3.05) is 20.6 Å². The van der Waals surface area contributed by atoms with Gasteiger partial charge < -0.3 is 15.2 Å². The number of carbonyl (C=O) groups is 1. The van der Waals surface area contributed by atoms with E-state index < -0.39 is 11.5 Å². The predicted octanol–water partition coefficient (Wildman–Crippen LogP) is 2.97. The number of aryl methyl sites for hydroxylation is 2. The SMILES string of the molecule is CCc1ccc(C(CNC(=O)c2c(C)nc(C(C)(C)C)[nH]c2=O)N(C)C)cc1. The number of amides is 1. The van der Waals surface area contributed by atoms with Crippen LogP contribution in [0.3, 0.4) is 0 Å². The minimum atomic E-state index is -0.399. The Kier molecular flexibility index (Phi) is 6.77. The molecule has 1 unspecified atom stereocenters. The van der Waals surface area contributed by atoms with Crippen LogP contribution in [-0.4, -0.2) is 41.4 Å². The largest absolute Gasteiger partial charge is 0.350 e. The van der Waals surface area contributed by atoms with Crippen molar-refractivity contribution in [3.05, 3.63) is 62.8 Å². The van der Waals surface area contributed by atoms with E-state index >= 15 is 0 Å². The van der Waals surface area contributed by atoms with Gasteiger partial charge in [0.2, 0.25) is 0 Å². The summed E-state index contributed by atoms with van der Waals surface area (Å²) in [6.07, 6.45) is 0.989. The van der Waals surface area contributed by atoms with Crippen LogP contribution in [0.25, 0.3) is 0 Å². The maximum Gasteiger partial charge on any atom is 0.264 e. The fraction of sp³-hybridized carbons (Fsp3) is 0.500. The molecule has 0 radical (unpaired) electrons. The minimum absolute atomic E-state index is 0.0102. The van der Waals surface area contributed by atoms with E-state index in [0.29, 0.717) is 18.1 Å². The first kappa shape index (κ1) is 21.8. The molecule has 2 aromatic rings. The van der Waals surface area contributed by atoms with E-state index in [-0.39, 0.29) is 17.0 Å². The fourth-order valence-corrected chi connectivity index (χ4v) is 3.06. The molecule has 2 rings (SSSR count). The highest BCUT2D eigenvalue weighted by atomic mass is 16.2. The van der Waals surface area contributed by atoms with Gasteiger partial charge in [0.05, 0.1) is 11.7 Å². The molecular weight excluding hydrogens is 352 g/mol. The average Bonchev–Trinajstić information content (AvgIpc) is 2.60. The number of aromatic nitrogens is 2. The van der Waals surface area contributed by atoms with Crippen molar-refractivity contribution in [3.63, 3.8) is 0 Å². The lowest BCUT2D eigenvalue weighted by atomic mass is 9.95. The van der Waals surface area contributed by atoms with Crippen molar-refractivity contribution in [3.8, 4) is 0 Å². The molecule has 0 aliphatic carbocycles. The Morgan fingerprint density at radius 2 is 1.82 bits per heavy atom. The molecule has 0 bridgehead atoms. The van der Waals surface area contributed by atoms with E-state index in [0.717, 1.165) is 12.0 Å². The van der Waals surface area contributed by atoms with Gasteiger partial charge in [-0.25, -0.2) is 4.98 Å². The summed E-state index contributed by atoms with van der Waals surface area (Å²) in [7, 11) is 3.95. The molecule has 0 saturated carbocycles. The summed E-state index contributed by atoms with van der Waals surface area (Å²) in [5.74, 6) is 0.178. The molecule has 0 aliphatic rings. The third kappa shape index (κ3) is 5.07. The van der Waals surface area contributed by atoms with E-state index in [4.69, 9.17) is 0 Å². The van der Waals surface area contributed by atoms with Crippen LogP contribution in [0.15, 0.2) is 29.1 Å². The molecule has 28 heavy (non-hydrogen) atoms. The molecule has 0 aliphatic heterocycles. The number of hydrogen-bond acceptors (Lipinski definition) is 4. The molecule has 2 N–H and O–H groups in total. The number of aromatic amines is 1. The van der Waals surface area contributed by atoms with E-state index in [2.05, 4.69) is 51.4 Å². The molecule has 0 fully saturated rings. The fourth-order valence-electron chi connectivity index (χ4n) is 3.06. The second kappa shape index (κ2) is 8.69. The minimum Gasteiger partial charge on any atom is -0.350 e. The van der Waals surface area contributed by atoms with Crippen LogP contribution in [-0.2, 0) is 11.8 Å². The van der Waals surface area contributed by atoms with Gasteiger partial charge in [-0.3, -0.25) is 9.59 Å². The van der Waals surface area contributed by atoms with Gasteiger partial charge in [-0.1, -0.05) is 52.0 Å². The molecule has 6 nitrogen and oxygen atoms in total. The molecule has 1 aromatic heterocycles. The number of nitrogens with zero attached hydrogens (tertiary/aromatic N) is 2. The second-order valence-corrected chi connectivity index (χ2v) is 8.41. The van der Waals surface area contributed by atoms with Gasteiger partial charge in [0, 0.05) is 12.0 Å². The predicted molar refractivity (Wildman–Crippen MR) is 113 cm³/mol. The summed E-state index contributed by atoms with van der Waals surface area (Å²) < 4.78 is 0. The summed E-state index contributed by atoms with van der Waals surface area (Å²) in [6, 6.07) is 8.41. The molecule has 1 amide bonds. The Morgan fingerprint density at radius 3 is 2.29 bits per heavy atom. The summed E-state index contributed by atoms with van der Waals surface area (Å²) in [5, 5.41) is 2.91. The average molecular weight is 385 g/mol. The summed E-state index contributed by atoms with van der Waals surface area (Å²) >= 11 is 0. The number of hydrogen-bond donors (Lipinski definition) is 2. The van der Waals surface area contributed by atoms with E-state index in [1.54, 1.807) is 6.92 Å². The smallest absolute Gasteiger partial charge is 0.264 e. The summed E-state index contributed by atoms with van der Waals surface area (Å²) in [5.41, 5.74) is 2.22. The van der Waals surface area contributed by atoms with E-state index in [9.17, 15) is 9.59 Å². The number of benzene rings is 1. The Labute approximate surface area is 167 Å². The van der Waals surface area contributed by atoms with Crippen molar-refractivity contribution < 1.29 is 4.79 Å². The van der Waals surface area contributed by atoms with Crippen molar-refractivity contribution >= 4 is 5.91 Å². The van der Waals surface area contributed by atoms with Crippen molar-refractivity contribution in [1.82, 2.24) is 20.2 Å². The first-order valence-corrected chi connectivity index (χ1v) is 9.69. The highest BCUT2D eigenvalue weighted by Gasteiger charge is 2.23. The lowest BCUT2D eigenvalue weighted by Crippen LogP contribution is -2.38. The number of nitrogens with one attached hydrogen (secondary N) is 2. The van der Waals surface area contributed by atoms with Crippen LogP contribution < -0.4 is 10.9 Å². The van der Waals surface area contributed by atoms with Gasteiger partial charge in [0.15, 0.2) is 0 Å². The number of carbonyl (C=O) groups excluding carboxylic acids is 1. The van der Waals surface area contributed by atoms with Crippen LogP contribution in [0, 0.1) is 6.92 Å². The zero-order valence-corrected chi connectivity index (χ0v) is 18.0. The first-order chi connectivity index (χ1) is 13.0. The van der Waals surface area contributed by atoms with Crippen LogP contribution in [0.4, 0.5) is 0 Å². The maximum absolute atomic E-state index is 12.7. The van der Waals surface area contributed by atoms with Gasteiger partial charge >= 0.3 is 0 Å². The molecular formula is C22H32N4O2. The zero-order chi connectivity index (χ0) is 21.1. The van der Waals surface area contributed by atoms with Crippen LogP contribution in [0.2, 0.25) is 0 Å². The highest BCUT2D eigenvalue weighted by molar-refractivity contribution is 5.94. The Morgan fingerprint density at radius 1 is 1.21 bits per heavy atom. The third-order valence-corrected chi connectivity index (χ3v) is 4.89. The van der Waals surface area contributed by atoms with Crippen LogP contribution in [0.5, 0.6) is 0 Å². The molecule has 1 atom stereocenters. The summed E-state index contributed by atoms with van der Waals surface area (Å²) in [4.78, 5) is 34.5. The Bertz CT molecular complexity index is 877. The normalized spacial score (nSPS) is 12.9. The third-order valence-electron chi connectivity index (χ3n) is 4.89. The second-order valence-electron chi connectivity index (χ2n) is 8.41.